The molecule has 1 saturated heterocycles. The lowest BCUT2D eigenvalue weighted by molar-refractivity contribution is -0.918. The summed E-state index contributed by atoms with van der Waals surface area (Å²) in [5.41, 5.74) is 4.34. The highest BCUT2D eigenvalue weighted by molar-refractivity contribution is 5.84. The van der Waals surface area contributed by atoms with Crippen molar-refractivity contribution in [3.63, 3.8) is 0 Å². The van der Waals surface area contributed by atoms with Crippen molar-refractivity contribution in [2.24, 2.45) is 0 Å². The van der Waals surface area contributed by atoms with E-state index in [0.717, 1.165) is 0 Å². The molecule has 1 nitrogen and oxygen atoms in total. The number of quaternary nitrogens is 1. The van der Waals surface area contributed by atoms with Gasteiger partial charge in [0, 0.05) is 5.56 Å². The zero-order chi connectivity index (χ0) is 13.2. The van der Waals surface area contributed by atoms with Crippen LogP contribution < -0.4 is 4.90 Å². The molecule has 1 fully saturated rings. The highest BCUT2D eigenvalue weighted by Crippen LogP contribution is 2.20. The molecule has 0 aliphatic carbocycles. The second-order valence-electron chi connectivity index (χ2n) is 6.12. The van der Waals surface area contributed by atoms with E-state index in [9.17, 15) is 0 Å². The van der Waals surface area contributed by atoms with Crippen LogP contribution in [0.4, 0.5) is 0 Å². The van der Waals surface area contributed by atoms with Crippen molar-refractivity contribution < 1.29 is 4.90 Å². The van der Waals surface area contributed by atoms with Crippen LogP contribution >= 0.6 is 0 Å². The van der Waals surface area contributed by atoms with Crippen LogP contribution in [0.5, 0.6) is 0 Å². The van der Waals surface area contributed by atoms with Gasteiger partial charge in [0.15, 0.2) is 0 Å². The first-order valence-electron chi connectivity index (χ1n) is 7.56. The Balaban J connectivity index is 1.90. The maximum Gasteiger partial charge on any atom is 0.103 e. The second kappa shape index (κ2) is 5.34. The van der Waals surface area contributed by atoms with Gasteiger partial charge in [0.2, 0.25) is 0 Å². The van der Waals surface area contributed by atoms with E-state index < -0.39 is 0 Å². The molecule has 0 amide bonds. The van der Waals surface area contributed by atoms with Gasteiger partial charge < -0.3 is 4.90 Å². The first kappa shape index (κ1) is 12.7. The molecule has 0 aromatic heterocycles. The quantitative estimate of drug-likeness (QED) is 0.840. The Hall–Kier alpha value is -1.34. The van der Waals surface area contributed by atoms with Gasteiger partial charge >= 0.3 is 0 Å². The molecule has 3 rings (SSSR count). The van der Waals surface area contributed by atoms with Crippen LogP contribution in [-0.2, 0) is 6.54 Å². The number of nitrogens with one attached hydrogen (secondary N) is 1. The minimum Gasteiger partial charge on any atom is -0.331 e. The van der Waals surface area contributed by atoms with Crippen molar-refractivity contribution in [3.8, 4) is 0 Å². The molecule has 1 heterocycles. The highest BCUT2D eigenvalue weighted by atomic mass is 15.1. The molecule has 0 bridgehead atoms. The fourth-order valence-corrected chi connectivity index (χ4v) is 3.27. The average molecular weight is 254 g/mol. The number of fused-ring (bicyclic) bond motifs is 1. The summed E-state index contributed by atoms with van der Waals surface area (Å²) >= 11 is 0. The lowest BCUT2D eigenvalue weighted by Gasteiger charge is -2.24. The van der Waals surface area contributed by atoms with Gasteiger partial charge in [-0.15, -0.1) is 0 Å². The molecule has 1 N–H and O–H groups in total. The van der Waals surface area contributed by atoms with Gasteiger partial charge in [-0.2, -0.15) is 0 Å². The Bertz CT molecular complexity index is 580. The van der Waals surface area contributed by atoms with Crippen LogP contribution in [0.3, 0.4) is 0 Å². The topological polar surface area (TPSA) is 4.44 Å². The van der Waals surface area contributed by atoms with Crippen molar-refractivity contribution in [2.45, 2.75) is 39.7 Å². The van der Waals surface area contributed by atoms with E-state index in [1.54, 1.807) is 4.90 Å². The number of piperidine rings is 1. The third kappa shape index (κ3) is 2.82. The maximum atomic E-state index is 2.41. The first-order valence-corrected chi connectivity index (χ1v) is 7.56. The largest absolute Gasteiger partial charge is 0.331 e. The van der Waals surface area contributed by atoms with Gasteiger partial charge in [-0.1, -0.05) is 29.8 Å². The molecule has 0 saturated carbocycles. The fourth-order valence-electron chi connectivity index (χ4n) is 3.27. The average Bonchev–Trinajstić information content (AvgIpc) is 2.41. The van der Waals surface area contributed by atoms with Gasteiger partial charge in [-0.05, 0) is 55.5 Å². The molecule has 2 aromatic carbocycles. The van der Waals surface area contributed by atoms with E-state index in [1.807, 2.05) is 0 Å². The van der Waals surface area contributed by atoms with Crippen molar-refractivity contribution in [2.75, 3.05) is 13.1 Å². The Labute approximate surface area is 116 Å². The second-order valence-corrected chi connectivity index (χ2v) is 6.12. The van der Waals surface area contributed by atoms with Gasteiger partial charge in [-0.25, -0.2) is 0 Å². The van der Waals surface area contributed by atoms with Crippen molar-refractivity contribution in [1.29, 1.82) is 0 Å². The summed E-state index contributed by atoms with van der Waals surface area (Å²) in [6.07, 6.45) is 4.24. The molecule has 1 aliphatic rings. The monoisotopic (exact) mass is 254 g/mol. The number of aryl methyl sites for hydroxylation is 2. The summed E-state index contributed by atoms with van der Waals surface area (Å²) in [6.45, 7) is 8.34. The van der Waals surface area contributed by atoms with Crippen LogP contribution in [-0.4, -0.2) is 13.1 Å². The minimum atomic E-state index is 1.20. The van der Waals surface area contributed by atoms with E-state index in [2.05, 4.69) is 44.2 Å². The van der Waals surface area contributed by atoms with Crippen molar-refractivity contribution in [1.82, 2.24) is 0 Å². The number of rotatable bonds is 2. The predicted molar refractivity (Wildman–Crippen MR) is 81.7 cm³/mol. The zero-order valence-electron chi connectivity index (χ0n) is 12.1. The van der Waals surface area contributed by atoms with Gasteiger partial charge in [0.05, 0.1) is 13.1 Å². The van der Waals surface area contributed by atoms with Crippen molar-refractivity contribution >= 4 is 10.8 Å². The van der Waals surface area contributed by atoms with Crippen LogP contribution in [0, 0.1) is 13.8 Å². The van der Waals surface area contributed by atoms with E-state index in [1.165, 1.54) is 66.4 Å². The Morgan fingerprint density at radius 3 is 2.47 bits per heavy atom. The third-order valence-corrected chi connectivity index (χ3v) is 4.45. The normalized spacial score (nSPS) is 16.9. The molecule has 0 radical (unpaired) electrons. The predicted octanol–water partition coefficient (Wildman–Crippen LogP) is 3.03. The zero-order valence-corrected chi connectivity index (χ0v) is 12.1. The maximum absolute atomic E-state index is 2.41. The lowest BCUT2D eigenvalue weighted by Crippen LogP contribution is -3.11. The van der Waals surface area contributed by atoms with Gasteiger partial charge in [-0.3, -0.25) is 0 Å². The molecule has 1 heteroatoms. The first-order chi connectivity index (χ1) is 9.22. The molecule has 100 valence electrons. The van der Waals surface area contributed by atoms with Crippen LogP contribution in [0.1, 0.15) is 36.0 Å². The van der Waals surface area contributed by atoms with E-state index in [0.29, 0.717) is 0 Å². The standard InChI is InChI=1S/C18H23N/c1-14-6-7-16-12-18(15(2)11-17(16)10-14)13-19-8-4-3-5-9-19/h6-7,10-12H,3-5,8-9,13H2,1-2H3/p+1. The summed E-state index contributed by atoms with van der Waals surface area (Å²) in [4.78, 5) is 1.76. The molecule has 0 spiro atoms. The molecule has 0 unspecified atom stereocenters. The highest BCUT2D eigenvalue weighted by Gasteiger charge is 2.15. The van der Waals surface area contributed by atoms with Crippen molar-refractivity contribution in [3.05, 3.63) is 47.0 Å². The molecular formula is C18H24N+. The Morgan fingerprint density at radius 2 is 1.68 bits per heavy atom. The molecular weight excluding hydrogens is 230 g/mol. The van der Waals surface area contributed by atoms with Crippen LogP contribution in [0.25, 0.3) is 10.8 Å². The van der Waals surface area contributed by atoms with Gasteiger partial charge in [0.25, 0.3) is 0 Å². The number of benzene rings is 2. The van der Waals surface area contributed by atoms with Gasteiger partial charge in [0.1, 0.15) is 6.54 Å². The molecule has 2 aromatic rings. The lowest BCUT2D eigenvalue weighted by atomic mass is 9.99. The SMILES string of the molecule is Cc1ccc2cc(C[NH+]3CCCCC3)c(C)cc2c1. The Kier molecular flexibility index (Phi) is 3.56. The fraction of sp³-hybridized carbons (Fsp3) is 0.444. The number of hydrogen-bond donors (Lipinski definition) is 1. The summed E-state index contributed by atoms with van der Waals surface area (Å²) < 4.78 is 0. The summed E-state index contributed by atoms with van der Waals surface area (Å²) in [6, 6.07) is 11.5. The smallest absolute Gasteiger partial charge is 0.103 e. The van der Waals surface area contributed by atoms with E-state index in [-0.39, 0.29) is 0 Å². The van der Waals surface area contributed by atoms with Crippen LogP contribution in [0.2, 0.25) is 0 Å². The van der Waals surface area contributed by atoms with E-state index in [4.69, 9.17) is 0 Å². The molecule has 0 atom stereocenters. The third-order valence-electron chi connectivity index (χ3n) is 4.45. The molecule has 19 heavy (non-hydrogen) atoms. The Morgan fingerprint density at radius 1 is 0.895 bits per heavy atom. The van der Waals surface area contributed by atoms with Crippen LogP contribution in [0.15, 0.2) is 30.3 Å². The number of hydrogen-bond acceptors (Lipinski definition) is 0. The summed E-state index contributed by atoms with van der Waals surface area (Å²) in [5.74, 6) is 0. The molecule has 1 aliphatic heterocycles. The van der Waals surface area contributed by atoms with E-state index >= 15 is 0 Å². The minimum absolute atomic E-state index is 1.20. The number of likely N-dealkylation sites (tertiary alicyclic amines) is 1. The summed E-state index contributed by atoms with van der Waals surface area (Å²) in [5, 5.41) is 2.78. The summed E-state index contributed by atoms with van der Waals surface area (Å²) in [7, 11) is 0.